The molecular weight excluding hydrogens is 352 g/mol. The summed E-state index contributed by atoms with van der Waals surface area (Å²) in [5.41, 5.74) is 0.546. The van der Waals surface area contributed by atoms with Gasteiger partial charge >= 0.3 is 5.97 Å². The lowest BCUT2D eigenvalue weighted by Crippen LogP contribution is -2.05. The summed E-state index contributed by atoms with van der Waals surface area (Å²) in [4.78, 5) is 11.8. The third-order valence-corrected chi connectivity index (χ3v) is 4.11. The second-order valence-electron chi connectivity index (χ2n) is 5.66. The number of ether oxygens (including phenoxy) is 1. The second kappa shape index (κ2) is 13.2. The van der Waals surface area contributed by atoms with Gasteiger partial charge in [-0.25, -0.2) is 4.79 Å². The van der Waals surface area contributed by atoms with Gasteiger partial charge in [0.15, 0.2) is 6.61 Å². The normalized spacial score (nSPS) is 10.0. The average molecular weight is 379 g/mol. The van der Waals surface area contributed by atoms with E-state index in [0.717, 1.165) is 17.3 Å². The van der Waals surface area contributed by atoms with Crippen molar-refractivity contribution in [2.75, 3.05) is 6.61 Å². The first kappa shape index (κ1) is 19.8. The zero-order valence-electron chi connectivity index (χ0n) is 14.1. The van der Waals surface area contributed by atoms with E-state index in [1.165, 1.54) is 44.9 Å². The Hall–Kier alpha value is -1.27. The highest BCUT2D eigenvalue weighted by atomic mass is 79.9. The topological polar surface area (TPSA) is 26.3 Å². The number of esters is 1. The van der Waals surface area contributed by atoms with Gasteiger partial charge in [0.05, 0.1) is 5.56 Å². The Morgan fingerprint density at radius 2 is 1.74 bits per heavy atom. The van der Waals surface area contributed by atoms with Crippen LogP contribution in [-0.4, -0.2) is 12.6 Å². The molecule has 0 fully saturated rings. The average Bonchev–Trinajstić information content (AvgIpc) is 2.55. The number of carbonyl (C=O) groups is 1. The van der Waals surface area contributed by atoms with Crippen molar-refractivity contribution < 1.29 is 9.53 Å². The van der Waals surface area contributed by atoms with E-state index >= 15 is 0 Å². The molecule has 0 bridgehead atoms. The molecule has 0 N–H and O–H groups in total. The Balaban J connectivity index is 2.02. The van der Waals surface area contributed by atoms with Crippen molar-refractivity contribution in [1.29, 1.82) is 0 Å². The molecule has 0 atom stereocenters. The summed E-state index contributed by atoms with van der Waals surface area (Å²) in [6, 6.07) is 7.17. The molecule has 23 heavy (non-hydrogen) atoms. The number of unbranched alkanes of at least 4 members (excludes halogenated alkanes) is 8. The Labute approximate surface area is 149 Å². The molecule has 1 aromatic rings. The third-order valence-electron chi connectivity index (χ3n) is 3.62. The molecular formula is C20H27BrO2. The SMILES string of the molecule is CCCCCCCCCCC#CCOC(=O)c1cccc(Br)c1. The summed E-state index contributed by atoms with van der Waals surface area (Å²) in [6.07, 6.45) is 11.3. The summed E-state index contributed by atoms with van der Waals surface area (Å²) in [7, 11) is 0. The van der Waals surface area contributed by atoms with Crippen LogP contribution in [0.4, 0.5) is 0 Å². The van der Waals surface area contributed by atoms with Gasteiger partial charge in [0, 0.05) is 10.9 Å². The zero-order chi connectivity index (χ0) is 16.8. The van der Waals surface area contributed by atoms with E-state index in [4.69, 9.17) is 4.74 Å². The molecule has 0 spiro atoms. The van der Waals surface area contributed by atoms with Gasteiger partial charge in [0.2, 0.25) is 0 Å². The van der Waals surface area contributed by atoms with Crippen molar-refractivity contribution in [1.82, 2.24) is 0 Å². The summed E-state index contributed by atoms with van der Waals surface area (Å²) >= 11 is 3.34. The zero-order valence-corrected chi connectivity index (χ0v) is 15.7. The lowest BCUT2D eigenvalue weighted by molar-refractivity contribution is 0.0556. The number of carbonyl (C=O) groups excluding carboxylic acids is 1. The highest BCUT2D eigenvalue weighted by Crippen LogP contribution is 2.12. The minimum absolute atomic E-state index is 0.169. The lowest BCUT2D eigenvalue weighted by Gasteiger charge is -2.01. The number of hydrogen-bond donors (Lipinski definition) is 0. The first-order valence-electron chi connectivity index (χ1n) is 8.62. The molecule has 0 unspecified atom stereocenters. The molecule has 0 aliphatic heterocycles. The van der Waals surface area contributed by atoms with E-state index in [9.17, 15) is 4.79 Å². The fourth-order valence-corrected chi connectivity index (χ4v) is 2.69. The molecule has 126 valence electrons. The van der Waals surface area contributed by atoms with Crippen molar-refractivity contribution in [3.05, 3.63) is 34.3 Å². The lowest BCUT2D eigenvalue weighted by atomic mass is 10.1. The Bertz CT molecular complexity index is 514. The van der Waals surface area contributed by atoms with Gasteiger partial charge in [0.1, 0.15) is 0 Å². The van der Waals surface area contributed by atoms with Crippen LogP contribution >= 0.6 is 15.9 Å². The van der Waals surface area contributed by atoms with E-state index in [0.29, 0.717) is 5.56 Å². The van der Waals surface area contributed by atoms with Crippen LogP contribution < -0.4 is 0 Å². The number of halogens is 1. The van der Waals surface area contributed by atoms with E-state index in [1.807, 2.05) is 12.1 Å². The summed E-state index contributed by atoms with van der Waals surface area (Å²) in [5.74, 6) is 5.67. The van der Waals surface area contributed by atoms with Gasteiger partial charge in [-0.1, -0.05) is 85.7 Å². The quantitative estimate of drug-likeness (QED) is 0.277. The molecule has 0 saturated heterocycles. The molecule has 0 heterocycles. The highest BCUT2D eigenvalue weighted by molar-refractivity contribution is 9.10. The van der Waals surface area contributed by atoms with Crippen molar-refractivity contribution in [3.8, 4) is 11.8 Å². The monoisotopic (exact) mass is 378 g/mol. The van der Waals surface area contributed by atoms with Gasteiger partial charge in [-0.2, -0.15) is 0 Å². The Morgan fingerprint density at radius 3 is 2.43 bits per heavy atom. The van der Waals surface area contributed by atoms with E-state index < -0.39 is 0 Å². The van der Waals surface area contributed by atoms with Crippen LogP contribution in [0, 0.1) is 11.8 Å². The standard InChI is InChI=1S/C20H27BrO2/c1-2-3-4-5-6-7-8-9-10-11-12-16-23-20(22)18-14-13-15-19(21)17-18/h13-15,17H,2-10,16H2,1H3. The van der Waals surface area contributed by atoms with Crippen molar-refractivity contribution >= 4 is 21.9 Å². The predicted molar refractivity (Wildman–Crippen MR) is 99.4 cm³/mol. The number of hydrogen-bond acceptors (Lipinski definition) is 2. The van der Waals surface area contributed by atoms with Crippen LogP contribution in [-0.2, 0) is 4.74 Å². The van der Waals surface area contributed by atoms with Crippen molar-refractivity contribution in [2.24, 2.45) is 0 Å². The van der Waals surface area contributed by atoms with Crippen LogP contribution in [0.1, 0.15) is 75.1 Å². The smallest absolute Gasteiger partial charge is 0.339 e. The maximum atomic E-state index is 11.8. The maximum Gasteiger partial charge on any atom is 0.339 e. The molecule has 3 heteroatoms. The first-order valence-corrected chi connectivity index (χ1v) is 9.41. The minimum atomic E-state index is -0.326. The summed E-state index contributed by atoms with van der Waals surface area (Å²) in [5, 5.41) is 0. The Morgan fingerprint density at radius 1 is 1.04 bits per heavy atom. The molecule has 0 aliphatic rings. The third kappa shape index (κ3) is 10.2. The van der Waals surface area contributed by atoms with Crippen LogP contribution in [0.2, 0.25) is 0 Å². The Kier molecular flexibility index (Phi) is 11.3. The fourth-order valence-electron chi connectivity index (χ4n) is 2.29. The van der Waals surface area contributed by atoms with Crippen LogP contribution in [0.5, 0.6) is 0 Å². The molecule has 0 saturated carbocycles. The van der Waals surface area contributed by atoms with Gasteiger partial charge < -0.3 is 4.74 Å². The van der Waals surface area contributed by atoms with Gasteiger partial charge in [0.25, 0.3) is 0 Å². The van der Waals surface area contributed by atoms with E-state index in [1.54, 1.807) is 12.1 Å². The van der Waals surface area contributed by atoms with Crippen LogP contribution in [0.3, 0.4) is 0 Å². The van der Waals surface area contributed by atoms with Gasteiger partial charge in [-0.15, -0.1) is 0 Å². The first-order chi connectivity index (χ1) is 11.2. The molecule has 0 aromatic heterocycles. The molecule has 1 aromatic carbocycles. The minimum Gasteiger partial charge on any atom is -0.449 e. The molecule has 0 radical (unpaired) electrons. The molecule has 1 rings (SSSR count). The van der Waals surface area contributed by atoms with Crippen LogP contribution in [0.15, 0.2) is 28.7 Å². The van der Waals surface area contributed by atoms with Gasteiger partial charge in [-0.05, 0) is 24.6 Å². The fraction of sp³-hybridized carbons (Fsp3) is 0.550. The van der Waals surface area contributed by atoms with Crippen molar-refractivity contribution in [2.45, 2.75) is 64.7 Å². The number of benzene rings is 1. The van der Waals surface area contributed by atoms with E-state index in [2.05, 4.69) is 34.7 Å². The van der Waals surface area contributed by atoms with E-state index in [-0.39, 0.29) is 12.6 Å². The number of rotatable bonds is 10. The molecule has 0 amide bonds. The summed E-state index contributed by atoms with van der Waals surface area (Å²) in [6.45, 7) is 2.41. The second-order valence-corrected chi connectivity index (χ2v) is 6.58. The predicted octanol–water partition coefficient (Wildman–Crippen LogP) is 6.14. The maximum absolute atomic E-state index is 11.8. The largest absolute Gasteiger partial charge is 0.449 e. The summed E-state index contributed by atoms with van der Waals surface area (Å²) < 4.78 is 6.00. The highest BCUT2D eigenvalue weighted by Gasteiger charge is 2.05. The molecule has 0 aliphatic carbocycles. The van der Waals surface area contributed by atoms with Crippen LogP contribution in [0.25, 0.3) is 0 Å². The molecule has 2 nitrogen and oxygen atoms in total. The van der Waals surface area contributed by atoms with Crippen molar-refractivity contribution in [3.63, 3.8) is 0 Å². The van der Waals surface area contributed by atoms with Gasteiger partial charge in [-0.3, -0.25) is 0 Å².